The summed E-state index contributed by atoms with van der Waals surface area (Å²) in [6.07, 6.45) is 0.290. The number of rotatable bonds is 3. The second-order valence-electron chi connectivity index (χ2n) is 5.00. The number of aromatic amines is 1. The maximum atomic E-state index is 12.5. The molecule has 0 unspecified atom stereocenters. The summed E-state index contributed by atoms with van der Waals surface area (Å²) in [7, 11) is 0. The molecular formula is C16H20N6O. The molecule has 0 radical (unpaired) electrons. The van der Waals surface area contributed by atoms with Gasteiger partial charge in [0, 0.05) is 34.4 Å². The van der Waals surface area contributed by atoms with Crippen LogP contribution in [-0.4, -0.2) is 58.4 Å². The highest BCUT2D eigenvalue weighted by Gasteiger charge is 2.33. The number of nitrogens with zero attached hydrogens (tertiary/aromatic N) is 5. The molecule has 0 saturated carbocycles. The van der Waals surface area contributed by atoms with Gasteiger partial charge < -0.3 is 19.6 Å². The largest absolute Gasteiger partial charge is 0.354 e. The first-order chi connectivity index (χ1) is 15.1. The summed E-state index contributed by atoms with van der Waals surface area (Å²) >= 11 is 0. The van der Waals surface area contributed by atoms with Crippen molar-refractivity contribution < 1.29 is 18.5 Å². The molecule has 1 fully saturated rings. The van der Waals surface area contributed by atoms with Gasteiger partial charge in [-0.15, -0.1) is 0 Å². The molecule has 0 aliphatic carbocycles. The second-order valence-corrected chi connectivity index (χ2v) is 5.00. The van der Waals surface area contributed by atoms with E-state index >= 15 is 0 Å². The highest BCUT2D eigenvalue weighted by Crippen LogP contribution is 2.28. The van der Waals surface area contributed by atoms with Crippen LogP contribution in [0.2, 0.25) is 0 Å². The minimum atomic E-state index is -3.18. The van der Waals surface area contributed by atoms with E-state index in [0.29, 0.717) is 9.80 Å². The van der Waals surface area contributed by atoms with Gasteiger partial charge in [-0.1, -0.05) is 6.85 Å². The van der Waals surface area contributed by atoms with Crippen LogP contribution >= 0.6 is 0 Å². The number of fused-ring (bicyclic) bond motifs is 1. The van der Waals surface area contributed by atoms with Crippen molar-refractivity contribution in [2.24, 2.45) is 5.92 Å². The monoisotopic (exact) mass is 322 g/mol. The molecule has 120 valence electrons. The van der Waals surface area contributed by atoms with E-state index in [2.05, 4.69) is 19.8 Å². The highest BCUT2D eigenvalue weighted by atomic mass is 16.2. The first-order valence-electron chi connectivity index (χ1n) is 11.9. The summed E-state index contributed by atoms with van der Waals surface area (Å²) in [6.45, 7) is -2.94. The van der Waals surface area contributed by atoms with E-state index in [0.717, 1.165) is 0 Å². The van der Waals surface area contributed by atoms with Crippen molar-refractivity contribution in [3.8, 4) is 0 Å². The second kappa shape index (κ2) is 6.24. The highest BCUT2D eigenvalue weighted by molar-refractivity contribution is 5.87. The maximum Gasteiger partial charge on any atom is 0.302 e. The molecular weight excluding hydrogens is 292 g/mol. The fourth-order valence-electron chi connectivity index (χ4n) is 2.39. The Kier molecular flexibility index (Phi) is 1.98. The molecule has 1 N–H and O–H groups in total. The van der Waals surface area contributed by atoms with Crippen molar-refractivity contribution in [2.45, 2.75) is 19.3 Å². The summed E-state index contributed by atoms with van der Waals surface area (Å²) in [6, 6.07) is -2.20. The Morgan fingerprint density at radius 1 is 1.74 bits per heavy atom. The number of anilines is 1. The average molecular weight is 322 g/mol. The number of hydrogen-bond acceptors (Lipinski definition) is 4. The summed E-state index contributed by atoms with van der Waals surface area (Å²) in [5, 5.41) is -0.133. The molecule has 3 heterocycles. The van der Waals surface area contributed by atoms with E-state index in [-0.39, 0.29) is 30.0 Å². The molecule has 7 nitrogen and oxygen atoms in total. The number of carbonyl (C=O) groups is 1. The summed E-state index contributed by atoms with van der Waals surface area (Å²) < 4.78 is 81.6. The molecule has 3 rings (SSSR count). The van der Waals surface area contributed by atoms with E-state index in [9.17, 15) is 4.79 Å². The average Bonchev–Trinajstić information content (AvgIpc) is 3.01. The van der Waals surface area contributed by atoms with Crippen LogP contribution in [0.25, 0.3) is 15.9 Å². The molecule has 23 heavy (non-hydrogen) atoms. The van der Waals surface area contributed by atoms with Gasteiger partial charge in [-0.3, -0.25) is 4.79 Å². The Hall–Kier alpha value is -2.62. The van der Waals surface area contributed by atoms with Crippen LogP contribution < -0.4 is 4.90 Å². The minimum absolute atomic E-state index is 0.0491. The fraction of sp³-hybridized carbons (Fsp3) is 0.500. The van der Waals surface area contributed by atoms with Gasteiger partial charge in [-0.2, -0.15) is 0 Å². The topological polar surface area (TPSA) is 69.5 Å². The first-order valence-corrected chi connectivity index (χ1v) is 6.86. The standard InChI is InChI=1S/C16H20N6O/c1-11-5-7-22(14(23)8-17-2)9-13(11)21(3)16-12-4-6-18-15(12)19-10-20-16/h4,6,10-11,13H,5,7-9H2,1,3H3,(H,18,19,20)/t11-,13+/m1/s1/i1D3,3D3,4D,9D2,10D. The van der Waals surface area contributed by atoms with Gasteiger partial charge in [0.25, 0.3) is 6.54 Å². The molecule has 2 aromatic rings. The van der Waals surface area contributed by atoms with Gasteiger partial charge in [0.05, 0.1) is 15.5 Å². The zero-order valence-electron chi connectivity index (χ0n) is 22.0. The van der Waals surface area contributed by atoms with Crippen molar-refractivity contribution in [3.63, 3.8) is 0 Å². The van der Waals surface area contributed by atoms with Crippen LogP contribution in [0.1, 0.15) is 27.0 Å². The van der Waals surface area contributed by atoms with Crippen molar-refractivity contribution in [2.75, 3.05) is 31.5 Å². The lowest BCUT2D eigenvalue weighted by atomic mass is 9.92. The van der Waals surface area contributed by atoms with Crippen LogP contribution in [0.3, 0.4) is 0 Å². The number of piperidine rings is 1. The number of H-pyrrole nitrogens is 1. The SMILES string of the molecule is [2H]c1nc(N([C@@H]2[C@H](C([2H])([2H])[2H])CCN(C(=O)C[N+]#[C-])C2([2H])[2H])C([2H])([2H])[2H])c2c([2H])c[nH]c2n1. The van der Waals surface area contributed by atoms with Gasteiger partial charge in [0.1, 0.15) is 19.1 Å². The molecule has 2 atom stereocenters. The molecule has 0 spiro atoms. The zero-order chi connectivity index (χ0) is 24.9. The minimum Gasteiger partial charge on any atom is -0.354 e. The van der Waals surface area contributed by atoms with Gasteiger partial charge in [0.15, 0.2) is 0 Å². The number of nitrogens with one attached hydrogen (secondary N) is 1. The number of aromatic nitrogens is 3. The molecule has 1 aliphatic heterocycles. The number of hydrogen-bond donors (Lipinski definition) is 1. The number of likely N-dealkylation sites (N-methyl/N-ethyl adjacent to an activating group) is 1. The summed E-state index contributed by atoms with van der Waals surface area (Å²) in [5.41, 5.74) is -0.0491. The van der Waals surface area contributed by atoms with Crippen LogP contribution in [-0.2, 0) is 4.79 Å². The Bertz CT molecular complexity index is 1100. The third kappa shape index (κ3) is 2.84. The van der Waals surface area contributed by atoms with E-state index in [4.69, 9.17) is 20.3 Å². The molecule has 1 saturated heterocycles. The summed E-state index contributed by atoms with van der Waals surface area (Å²) in [4.78, 5) is 26.9. The molecule has 2 aromatic heterocycles. The first kappa shape index (κ1) is 7.30. The molecule has 0 aromatic carbocycles. The van der Waals surface area contributed by atoms with Crippen LogP contribution in [0, 0.1) is 12.5 Å². The van der Waals surface area contributed by atoms with E-state index in [1.807, 2.05) is 0 Å². The molecule has 7 heteroatoms. The van der Waals surface area contributed by atoms with Gasteiger partial charge in [-0.25, -0.2) is 16.5 Å². The lowest BCUT2D eigenvalue weighted by Crippen LogP contribution is -2.53. The third-order valence-electron chi connectivity index (χ3n) is 3.56. The Morgan fingerprint density at radius 3 is 3.43 bits per heavy atom. The molecule has 1 aliphatic rings. The maximum absolute atomic E-state index is 12.5. The number of carbonyl (C=O) groups excluding carboxylic acids is 1. The number of likely N-dealkylation sites (tertiary alicyclic amines) is 1. The van der Waals surface area contributed by atoms with E-state index < -0.39 is 56.9 Å². The molecule has 1 amide bonds. The quantitative estimate of drug-likeness (QED) is 0.871. The van der Waals surface area contributed by atoms with Crippen LogP contribution in [0.5, 0.6) is 0 Å². The van der Waals surface area contributed by atoms with Gasteiger partial charge >= 0.3 is 5.91 Å². The predicted molar refractivity (Wildman–Crippen MR) is 87.9 cm³/mol. The smallest absolute Gasteiger partial charge is 0.302 e. The Labute approximate surface area is 149 Å². The Balaban J connectivity index is 2.32. The van der Waals surface area contributed by atoms with Crippen molar-refractivity contribution in [1.82, 2.24) is 19.9 Å². The van der Waals surface area contributed by atoms with Crippen molar-refractivity contribution in [1.29, 1.82) is 0 Å². The van der Waals surface area contributed by atoms with Gasteiger partial charge in [0.2, 0.25) is 0 Å². The predicted octanol–water partition coefficient (Wildman–Crippen LogP) is 1.55. The van der Waals surface area contributed by atoms with Gasteiger partial charge in [-0.05, 0) is 18.4 Å². The van der Waals surface area contributed by atoms with Crippen molar-refractivity contribution >= 4 is 22.8 Å². The lowest BCUT2D eigenvalue weighted by molar-refractivity contribution is -0.130. The summed E-state index contributed by atoms with van der Waals surface area (Å²) in [5.74, 6) is -2.97. The normalized spacial score (nSPS) is 30.8. The van der Waals surface area contributed by atoms with E-state index in [1.54, 1.807) is 0 Å². The van der Waals surface area contributed by atoms with E-state index in [1.165, 1.54) is 6.20 Å². The number of amides is 1. The third-order valence-corrected chi connectivity index (χ3v) is 3.56. The molecule has 0 bridgehead atoms. The fourth-order valence-corrected chi connectivity index (χ4v) is 2.39. The lowest BCUT2D eigenvalue weighted by Gasteiger charge is -2.41. The van der Waals surface area contributed by atoms with Crippen LogP contribution in [0.15, 0.2) is 18.5 Å². The zero-order valence-corrected chi connectivity index (χ0v) is 12.0. The Morgan fingerprint density at radius 2 is 2.65 bits per heavy atom. The van der Waals surface area contributed by atoms with Crippen LogP contribution in [0.4, 0.5) is 5.82 Å². The van der Waals surface area contributed by atoms with Crippen molar-refractivity contribution in [3.05, 3.63) is 30.0 Å².